The molecule has 2 aromatic rings. The summed E-state index contributed by atoms with van der Waals surface area (Å²) < 4.78 is 21.5. The number of fused-ring (bicyclic) bond motifs is 1. The van der Waals surface area contributed by atoms with Crippen molar-refractivity contribution in [1.29, 1.82) is 0 Å². The monoisotopic (exact) mass is 343 g/mol. The van der Waals surface area contributed by atoms with Crippen LogP contribution in [0, 0.1) is 0 Å². The number of aliphatic hydroxyl groups is 2. The van der Waals surface area contributed by atoms with Crippen LogP contribution in [0.25, 0.3) is 11.0 Å². The third kappa shape index (κ3) is 3.10. The number of hydrogen-bond donors (Lipinski definition) is 3. The van der Waals surface area contributed by atoms with Crippen molar-refractivity contribution in [3.8, 4) is 0 Å². The van der Waals surface area contributed by atoms with Gasteiger partial charge in [0.15, 0.2) is 6.23 Å². The third-order valence-corrected chi connectivity index (χ3v) is 4.11. The Bertz CT molecular complexity index is 760. The Morgan fingerprint density at radius 3 is 2.83 bits per heavy atom. The van der Waals surface area contributed by atoms with Crippen molar-refractivity contribution in [3.05, 3.63) is 24.5 Å². The number of benzene rings is 1. The van der Waals surface area contributed by atoms with Gasteiger partial charge in [0, 0.05) is 0 Å². The molecule has 126 valence electrons. The fraction of sp³-hybridized carbons (Fsp3) is 0.417. The molecule has 1 fully saturated rings. The van der Waals surface area contributed by atoms with Crippen LogP contribution in [0.1, 0.15) is 6.23 Å². The molecule has 1 saturated heterocycles. The van der Waals surface area contributed by atoms with Crippen LogP contribution in [0.2, 0.25) is 0 Å². The van der Waals surface area contributed by atoms with Crippen molar-refractivity contribution in [1.82, 2.24) is 9.55 Å². The molecule has 1 aliphatic heterocycles. The van der Waals surface area contributed by atoms with Gasteiger partial charge in [0.1, 0.15) is 23.8 Å². The second kappa shape index (κ2) is 5.84. The molecule has 10 nitrogen and oxygen atoms in total. The van der Waals surface area contributed by atoms with Gasteiger partial charge >= 0.3 is 0 Å². The highest BCUT2D eigenvalue weighted by Gasteiger charge is 2.44. The van der Waals surface area contributed by atoms with E-state index in [1.165, 1.54) is 10.9 Å². The van der Waals surface area contributed by atoms with Crippen LogP contribution in [-0.2, 0) is 13.8 Å². The van der Waals surface area contributed by atoms with Gasteiger partial charge in [-0.25, -0.2) is 4.98 Å². The van der Waals surface area contributed by atoms with E-state index in [4.69, 9.17) is 10.5 Å². The minimum absolute atomic E-state index is 0.438. The number of rotatable bonds is 4. The Morgan fingerprint density at radius 1 is 1.39 bits per heavy atom. The van der Waals surface area contributed by atoms with E-state index in [1.54, 1.807) is 18.2 Å². The predicted molar refractivity (Wildman–Crippen MR) is 73.6 cm³/mol. The summed E-state index contributed by atoms with van der Waals surface area (Å²) in [5, 5.41) is 20.1. The van der Waals surface area contributed by atoms with Crippen LogP contribution < -0.4 is 15.5 Å². The summed E-state index contributed by atoms with van der Waals surface area (Å²) in [6, 6.07) is 5.06. The maximum atomic E-state index is 10.5. The van der Waals surface area contributed by atoms with Crippen molar-refractivity contribution >= 4 is 24.5 Å². The number of nitrogens with two attached hydrogens (primary N) is 1. The highest BCUT2D eigenvalue weighted by atomic mass is 31.2. The smallest absolute Gasteiger partial charge is 0.164 e. The largest absolute Gasteiger partial charge is 0.790 e. The zero-order valence-corrected chi connectivity index (χ0v) is 12.6. The van der Waals surface area contributed by atoms with Crippen LogP contribution in [0.5, 0.6) is 0 Å². The lowest BCUT2D eigenvalue weighted by Crippen LogP contribution is -2.34. The minimum atomic E-state index is -5.20. The number of nitrogens with zero attached hydrogens (tertiary/aromatic N) is 2. The van der Waals surface area contributed by atoms with Crippen molar-refractivity contribution in [2.75, 3.05) is 12.3 Å². The van der Waals surface area contributed by atoms with Gasteiger partial charge in [-0.15, -0.1) is 0 Å². The molecular weight excluding hydrogens is 329 g/mol. The molecule has 1 aromatic carbocycles. The number of aliphatic hydroxyl groups excluding tert-OH is 2. The van der Waals surface area contributed by atoms with E-state index < -0.39 is 39.0 Å². The lowest BCUT2D eigenvalue weighted by atomic mass is 10.1. The lowest BCUT2D eigenvalue weighted by Gasteiger charge is -2.30. The molecule has 0 amide bonds. The first kappa shape index (κ1) is 16.3. The zero-order valence-electron chi connectivity index (χ0n) is 11.7. The van der Waals surface area contributed by atoms with Gasteiger partial charge in [0.05, 0.1) is 32.0 Å². The Balaban J connectivity index is 1.85. The minimum Gasteiger partial charge on any atom is -0.790 e. The molecule has 1 aromatic heterocycles. The predicted octanol–water partition coefficient (Wildman–Crippen LogP) is -1.92. The number of aromatic nitrogens is 2. The molecule has 1 aliphatic rings. The second-order valence-corrected chi connectivity index (χ2v) is 6.31. The molecule has 0 saturated carbocycles. The third-order valence-electron chi connectivity index (χ3n) is 3.64. The Kier molecular flexibility index (Phi) is 4.15. The maximum absolute atomic E-state index is 10.5. The van der Waals surface area contributed by atoms with Gasteiger partial charge in [-0.3, -0.25) is 0 Å². The number of para-hydroxylation sites is 1. The number of anilines is 1. The van der Waals surface area contributed by atoms with E-state index in [2.05, 4.69) is 9.51 Å². The number of hydrogen-bond acceptors (Lipinski definition) is 9. The van der Waals surface area contributed by atoms with Crippen LogP contribution in [-0.4, -0.2) is 44.7 Å². The van der Waals surface area contributed by atoms with Gasteiger partial charge in [0.25, 0.3) is 0 Å². The molecule has 4 atom stereocenters. The number of phosphoric acid groups is 1. The molecular formula is C12H14N3O7P-2. The van der Waals surface area contributed by atoms with Crippen LogP contribution in [0.15, 0.2) is 24.5 Å². The molecule has 3 rings (SSSR count). The maximum Gasteiger partial charge on any atom is 0.164 e. The van der Waals surface area contributed by atoms with Crippen molar-refractivity contribution in [3.63, 3.8) is 0 Å². The average molecular weight is 343 g/mol. The Hall–Kier alpha value is -1.52. The normalized spacial score (nSPS) is 28.5. The summed E-state index contributed by atoms with van der Waals surface area (Å²) in [6.07, 6.45) is -3.60. The van der Waals surface area contributed by atoms with Gasteiger partial charge in [0.2, 0.25) is 0 Å². The highest BCUT2D eigenvalue weighted by molar-refractivity contribution is 7.43. The first-order valence-corrected chi connectivity index (χ1v) is 8.13. The SMILES string of the molecule is Nc1cccc2c1ncn2C1O[C@H](COP(=O)([O-])[O-])[C@@H](O)[C@H]1O. The quantitative estimate of drug-likeness (QED) is 0.423. The van der Waals surface area contributed by atoms with E-state index >= 15 is 0 Å². The van der Waals surface area contributed by atoms with E-state index in [0.29, 0.717) is 16.7 Å². The van der Waals surface area contributed by atoms with E-state index in [1.807, 2.05) is 0 Å². The number of nitrogen functional groups attached to an aromatic ring is 1. The summed E-state index contributed by atoms with van der Waals surface area (Å²) in [5.41, 5.74) is 7.31. The summed E-state index contributed by atoms with van der Waals surface area (Å²) in [6.45, 7) is -0.687. The van der Waals surface area contributed by atoms with E-state index in [-0.39, 0.29) is 0 Å². The van der Waals surface area contributed by atoms with Crippen LogP contribution >= 0.6 is 7.82 Å². The van der Waals surface area contributed by atoms with E-state index in [9.17, 15) is 24.6 Å². The molecule has 23 heavy (non-hydrogen) atoms. The molecule has 1 unspecified atom stereocenters. The molecule has 0 spiro atoms. The van der Waals surface area contributed by atoms with Crippen molar-refractivity contribution in [2.24, 2.45) is 0 Å². The zero-order chi connectivity index (χ0) is 16.8. The molecule has 2 heterocycles. The summed E-state index contributed by atoms with van der Waals surface area (Å²) in [4.78, 5) is 25.2. The Morgan fingerprint density at radius 2 is 2.13 bits per heavy atom. The molecule has 0 aliphatic carbocycles. The van der Waals surface area contributed by atoms with Crippen molar-refractivity contribution < 1.29 is 33.8 Å². The number of imidazole rings is 1. The first-order valence-electron chi connectivity index (χ1n) is 6.67. The van der Waals surface area contributed by atoms with Gasteiger partial charge < -0.3 is 44.1 Å². The summed E-state index contributed by atoms with van der Waals surface area (Å²) in [7, 11) is -5.20. The van der Waals surface area contributed by atoms with Gasteiger partial charge in [-0.05, 0) is 12.1 Å². The average Bonchev–Trinajstić information content (AvgIpc) is 3.01. The highest BCUT2D eigenvalue weighted by Crippen LogP contribution is 2.35. The molecule has 0 bridgehead atoms. The first-order chi connectivity index (χ1) is 10.8. The van der Waals surface area contributed by atoms with Gasteiger partial charge in [-0.1, -0.05) is 6.07 Å². The summed E-state index contributed by atoms with van der Waals surface area (Å²) in [5.74, 6) is 0. The molecule has 0 radical (unpaired) electrons. The second-order valence-electron chi connectivity index (χ2n) is 5.16. The van der Waals surface area contributed by atoms with Crippen molar-refractivity contribution in [2.45, 2.75) is 24.5 Å². The fourth-order valence-corrected chi connectivity index (χ4v) is 2.87. The number of ether oxygens (including phenoxy) is 1. The molecule has 11 heteroatoms. The van der Waals surface area contributed by atoms with E-state index in [0.717, 1.165) is 0 Å². The molecule has 4 N–H and O–H groups in total. The lowest BCUT2D eigenvalue weighted by molar-refractivity contribution is -0.343. The topological polar surface area (TPSA) is 166 Å². The van der Waals surface area contributed by atoms with Crippen LogP contribution in [0.4, 0.5) is 5.69 Å². The fourth-order valence-electron chi connectivity index (χ4n) is 2.54. The standard InChI is InChI=1S/C12H16N3O7P/c13-6-2-1-3-7-9(6)14-5-15(7)12-11(17)10(16)8(22-12)4-21-23(18,19)20/h1-3,5,8,10-12,16-17H,4,13H2,(H2,18,19,20)/p-2/t8-,10-,11-,12?/m1/s1. The van der Waals surface area contributed by atoms with Crippen LogP contribution in [0.3, 0.4) is 0 Å². The Labute approximate surface area is 130 Å². The number of phosphoric ester groups is 1. The summed E-state index contributed by atoms with van der Waals surface area (Å²) >= 11 is 0. The van der Waals surface area contributed by atoms with Gasteiger partial charge in [-0.2, -0.15) is 0 Å².